The molecule has 0 saturated heterocycles. The zero-order valence-electron chi connectivity index (χ0n) is 12.4. The van der Waals surface area contributed by atoms with Crippen LogP contribution in [-0.2, 0) is 0 Å². The molecular formula is C13H24ClN5O. The molecule has 1 aromatic heterocycles. The van der Waals surface area contributed by atoms with Crippen LogP contribution in [0.2, 0.25) is 5.28 Å². The molecule has 0 aliphatic carbocycles. The lowest BCUT2D eigenvalue weighted by Crippen LogP contribution is -2.28. The van der Waals surface area contributed by atoms with E-state index >= 15 is 0 Å². The monoisotopic (exact) mass is 301 g/mol. The fraction of sp³-hybridized carbons (Fsp3) is 0.769. The van der Waals surface area contributed by atoms with Crippen LogP contribution in [0, 0.1) is 5.92 Å². The van der Waals surface area contributed by atoms with Crippen molar-refractivity contribution in [2.45, 2.75) is 46.1 Å². The maximum atomic E-state index is 10.1. The summed E-state index contributed by atoms with van der Waals surface area (Å²) in [5, 5.41) is 16.3. The van der Waals surface area contributed by atoms with Crippen LogP contribution in [0.25, 0.3) is 0 Å². The fourth-order valence-corrected chi connectivity index (χ4v) is 2.10. The smallest absolute Gasteiger partial charge is 0.228 e. The van der Waals surface area contributed by atoms with Crippen molar-refractivity contribution in [1.82, 2.24) is 15.0 Å². The number of rotatable bonds is 9. The van der Waals surface area contributed by atoms with Crippen molar-refractivity contribution in [3.8, 4) is 0 Å². The summed E-state index contributed by atoms with van der Waals surface area (Å²) in [6.45, 7) is 7.38. The lowest BCUT2D eigenvalue weighted by Gasteiger charge is -2.20. The molecule has 1 aromatic rings. The molecule has 1 rings (SSSR count). The standard InChI is InChI=1S/C13H24ClN5O/c1-4-7-15-12-17-11(14)18-13(19-12)16-8-10(20)9(5-2)6-3/h9-10,20H,4-8H2,1-3H3,(H2,15,16,17,18,19). The van der Waals surface area contributed by atoms with Gasteiger partial charge in [0, 0.05) is 13.1 Å². The van der Waals surface area contributed by atoms with Crippen LogP contribution in [0.1, 0.15) is 40.0 Å². The van der Waals surface area contributed by atoms with E-state index in [-0.39, 0.29) is 11.2 Å². The fourth-order valence-electron chi connectivity index (χ4n) is 1.94. The molecule has 1 heterocycles. The number of aliphatic hydroxyl groups excluding tert-OH is 1. The predicted molar refractivity (Wildman–Crippen MR) is 82.2 cm³/mol. The van der Waals surface area contributed by atoms with Gasteiger partial charge >= 0.3 is 0 Å². The van der Waals surface area contributed by atoms with Crippen molar-refractivity contribution in [3.05, 3.63) is 5.28 Å². The van der Waals surface area contributed by atoms with Crippen molar-refractivity contribution >= 4 is 23.5 Å². The molecule has 0 bridgehead atoms. The summed E-state index contributed by atoms with van der Waals surface area (Å²) in [6, 6.07) is 0. The van der Waals surface area contributed by atoms with E-state index < -0.39 is 6.10 Å². The highest BCUT2D eigenvalue weighted by Gasteiger charge is 2.15. The maximum Gasteiger partial charge on any atom is 0.228 e. The molecule has 0 amide bonds. The Morgan fingerprint density at radius 2 is 1.65 bits per heavy atom. The van der Waals surface area contributed by atoms with Crippen molar-refractivity contribution in [2.24, 2.45) is 5.92 Å². The molecule has 0 saturated carbocycles. The maximum absolute atomic E-state index is 10.1. The topological polar surface area (TPSA) is 83.0 Å². The summed E-state index contributed by atoms with van der Waals surface area (Å²) in [5.41, 5.74) is 0. The third-order valence-electron chi connectivity index (χ3n) is 3.20. The lowest BCUT2D eigenvalue weighted by molar-refractivity contribution is 0.114. The van der Waals surface area contributed by atoms with Crippen molar-refractivity contribution < 1.29 is 5.11 Å². The first kappa shape index (κ1) is 16.9. The summed E-state index contributed by atoms with van der Waals surface area (Å²) in [5.74, 6) is 1.11. The van der Waals surface area contributed by atoms with Crippen molar-refractivity contribution in [3.63, 3.8) is 0 Å². The van der Waals surface area contributed by atoms with E-state index in [1.807, 2.05) is 0 Å². The van der Waals surface area contributed by atoms with Crippen LogP contribution in [0.3, 0.4) is 0 Å². The normalized spacial score (nSPS) is 12.5. The predicted octanol–water partition coefficient (Wildman–Crippen LogP) is 2.56. The summed E-state index contributed by atoms with van der Waals surface area (Å²) in [4.78, 5) is 12.2. The zero-order chi connectivity index (χ0) is 15.0. The Kier molecular flexibility index (Phi) is 7.54. The molecule has 1 unspecified atom stereocenters. The van der Waals surface area contributed by atoms with Crippen LogP contribution in [0.15, 0.2) is 0 Å². The summed E-state index contributed by atoms with van der Waals surface area (Å²) >= 11 is 5.86. The largest absolute Gasteiger partial charge is 0.391 e. The highest BCUT2D eigenvalue weighted by molar-refractivity contribution is 6.28. The Morgan fingerprint density at radius 3 is 2.20 bits per heavy atom. The molecule has 6 nitrogen and oxygen atoms in total. The minimum atomic E-state index is -0.424. The van der Waals surface area contributed by atoms with E-state index in [1.165, 1.54) is 0 Å². The van der Waals surface area contributed by atoms with E-state index in [4.69, 9.17) is 11.6 Å². The lowest BCUT2D eigenvalue weighted by atomic mass is 9.97. The first-order valence-corrected chi connectivity index (χ1v) is 7.55. The van der Waals surface area contributed by atoms with Crippen LogP contribution in [0.4, 0.5) is 11.9 Å². The first-order valence-electron chi connectivity index (χ1n) is 7.18. The highest BCUT2D eigenvalue weighted by atomic mass is 35.5. The average molecular weight is 302 g/mol. The summed E-state index contributed by atoms with van der Waals surface area (Å²) in [7, 11) is 0. The van der Waals surface area contributed by atoms with Crippen molar-refractivity contribution in [1.29, 1.82) is 0 Å². The SMILES string of the molecule is CCCNc1nc(Cl)nc(NCC(O)C(CC)CC)n1. The van der Waals surface area contributed by atoms with Crippen molar-refractivity contribution in [2.75, 3.05) is 23.7 Å². The van der Waals surface area contributed by atoms with E-state index in [0.29, 0.717) is 18.4 Å². The number of aromatic nitrogens is 3. The van der Waals surface area contributed by atoms with Gasteiger partial charge in [-0.3, -0.25) is 0 Å². The molecule has 0 radical (unpaired) electrons. The number of anilines is 2. The van der Waals surface area contributed by atoms with Gasteiger partial charge in [-0.1, -0.05) is 33.6 Å². The van der Waals surface area contributed by atoms with E-state index in [1.54, 1.807) is 0 Å². The molecule has 20 heavy (non-hydrogen) atoms. The molecule has 7 heteroatoms. The molecule has 1 atom stereocenters. The Labute approximate surface area is 125 Å². The zero-order valence-corrected chi connectivity index (χ0v) is 13.1. The molecule has 114 valence electrons. The second kappa shape index (κ2) is 8.92. The number of hydrogen-bond donors (Lipinski definition) is 3. The third-order valence-corrected chi connectivity index (χ3v) is 3.37. The highest BCUT2D eigenvalue weighted by Crippen LogP contribution is 2.14. The number of halogens is 1. The summed E-state index contributed by atoms with van der Waals surface area (Å²) in [6.07, 6.45) is 2.44. The van der Waals surface area contributed by atoms with Gasteiger partial charge in [-0.25, -0.2) is 0 Å². The molecule has 0 fully saturated rings. The minimum absolute atomic E-state index is 0.137. The number of hydrogen-bond acceptors (Lipinski definition) is 6. The number of nitrogens with one attached hydrogen (secondary N) is 2. The Bertz CT molecular complexity index is 400. The molecule has 0 aliphatic rings. The second-order valence-electron chi connectivity index (χ2n) is 4.70. The second-order valence-corrected chi connectivity index (χ2v) is 5.04. The molecule has 0 spiro atoms. The molecular weight excluding hydrogens is 278 g/mol. The van der Waals surface area contributed by atoms with Gasteiger partial charge < -0.3 is 15.7 Å². The van der Waals surface area contributed by atoms with Crippen LogP contribution in [-0.4, -0.2) is 39.3 Å². The Hall–Kier alpha value is -1.14. The molecule has 0 aromatic carbocycles. The number of nitrogens with zero attached hydrogens (tertiary/aromatic N) is 3. The molecule has 0 aliphatic heterocycles. The van der Waals surface area contributed by atoms with Crippen LogP contribution in [0.5, 0.6) is 0 Å². The quantitative estimate of drug-likeness (QED) is 0.650. The van der Waals surface area contributed by atoms with Gasteiger partial charge in [0.15, 0.2) is 0 Å². The van der Waals surface area contributed by atoms with Crippen LogP contribution < -0.4 is 10.6 Å². The Balaban J connectivity index is 2.60. The Morgan fingerprint density at radius 1 is 1.05 bits per heavy atom. The van der Waals surface area contributed by atoms with Gasteiger partial charge in [0.2, 0.25) is 17.2 Å². The van der Waals surface area contributed by atoms with E-state index in [2.05, 4.69) is 46.4 Å². The van der Waals surface area contributed by atoms with Gasteiger partial charge in [0.25, 0.3) is 0 Å². The minimum Gasteiger partial charge on any atom is -0.391 e. The number of aliphatic hydroxyl groups is 1. The van der Waals surface area contributed by atoms with Gasteiger partial charge in [-0.15, -0.1) is 0 Å². The summed E-state index contributed by atoms with van der Waals surface area (Å²) < 4.78 is 0. The van der Waals surface area contributed by atoms with Gasteiger partial charge in [0.05, 0.1) is 6.10 Å². The van der Waals surface area contributed by atoms with Gasteiger partial charge in [-0.05, 0) is 23.9 Å². The average Bonchev–Trinajstić information content (AvgIpc) is 2.43. The van der Waals surface area contributed by atoms with Gasteiger partial charge in [0.1, 0.15) is 0 Å². The van der Waals surface area contributed by atoms with E-state index in [9.17, 15) is 5.11 Å². The van der Waals surface area contributed by atoms with E-state index in [0.717, 1.165) is 25.8 Å². The van der Waals surface area contributed by atoms with Crippen LogP contribution >= 0.6 is 11.6 Å². The van der Waals surface area contributed by atoms with Gasteiger partial charge in [-0.2, -0.15) is 15.0 Å². The first-order chi connectivity index (χ1) is 9.60. The third kappa shape index (κ3) is 5.46. The molecule has 3 N–H and O–H groups in total.